The Labute approximate surface area is 119 Å². The van der Waals surface area contributed by atoms with Crippen molar-refractivity contribution >= 4 is 11.6 Å². The Morgan fingerprint density at radius 1 is 1.24 bits per heavy atom. The van der Waals surface area contributed by atoms with Crippen LogP contribution in [0.5, 0.6) is 5.75 Å². The molecule has 1 amide bonds. The molecule has 1 aromatic heterocycles. The number of rotatable bonds is 7. The van der Waals surface area contributed by atoms with Crippen LogP contribution < -0.4 is 15.4 Å². The van der Waals surface area contributed by atoms with Gasteiger partial charge in [0.25, 0.3) is 0 Å². The second kappa shape index (κ2) is 7.28. The lowest BCUT2D eigenvalue weighted by molar-refractivity contribution is -0.119. The number of ether oxygens (including phenoxy) is 1. The van der Waals surface area contributed by atoms with Crippen molar-refractivity contribution in [2.45, 2.75) is 13.2 Å². The first-order valence-corrected chi connectivity index (χ1v) is 6.21. The smallest absolute Gasteiger partial charge is 0.387 e. The fourth-order valence-electron chi connectivity index (χ4n) is 1.60. The Balaban J connectivity index is 1.73. The van der Waals surface area contributed by atoms with Crippen LogP contribution in [0.25, 0.3) is 0 Å². The predicted molar refractivity (Wildman–Crippen MR) is 72.1 cm³/mol. The van der Waals surface area contributed by atoms with E-state index in [4.69, 9.17) is 4.42 Å². The van der Waals surface area contributed by atoms with Crippen molar-refractivity contribution in [1.29, 1.82) is 0 Å². The van der Waals surface area contributed by atoms with Crippen molar-refractivity contribution in [1.82, 2.24) is 5.32 Å². The number of halogens is 2. The Morgan fingerprint density at radius 3 is 2.62 bits per heavy atom. The number of carbonyl (C=O) groups is 1. The van der Waals surface area contributed by atoms with Gasteiger partial charge in [0, 0.05) is 5.69 Å². The summed E-state index contributed by atoms with van der Waals surface area (Å²) < 4.78 is 33.3. The van der Waals surface area contributed by atoms with Gasteiger partial charge in [0.05, 0.1) is 19.4 Å². The molecule has 0 spiro atoms. The standard InChI is InChI=1S/C14H14F2N2O3/c15-14(16)21-11-5-3-10(4-6-11)17-9-13(19)18-8-12-2-1-7-20-12/h1-7,14,17H,8-9H2,(H,18,19). The fourth-order valence-corrected chi connectivity index (χ4v) is 1.60. The van der Waals surface area contributed by atoms with E-state index >= 15 is 0 Å². The summed E-state index contributed by atoms with van der Waals surface area (Å²) in [5.74, 6) is 0.522. The molecule has 0 radical (unpaired) electrons. The molecule has 1 aromatic carbocycles. The number of amides is 1. The van der Waals surface area contributed by atoms with E-state index in [0.717, 1.165) is 0 Å². The fraction of sp³-hybridized carbons (Fsp3) is 0.214. The average Bonchev–Trinajstić information content (AvgIpc) is 2.97. The number of nitrogens with one attached hydrogen (secondary N) is 2. The molecule has 0 aliphatic heterocycles. The molecular formula is C14H14F2N2O3. The molecule has 2 aromatic rings. The third-order valence-corrected chi connectivity index (χ3v) is 2.57. The van der Waals surface area contributed by atoms with E-state index in [1.807, 2.05) is 0 Å². The molecule has 0 fully saturated rings. The number of hydrogen-bond acceptors (Lipinski definition) is 4. The maximum absolute atomic E-state index is 12.0. The van der Waals surface area contributed by atoms with Crippen molar-refractivity contribution in [3.8, 4) is 5.75 Å². The molecule has 2 rings (SSSR count). The lowest BCUT2D eigenvalue weighted by atomic mass is 10.3. The summed E-state index contributed by atoms with van der Waals surface area (Å²) in [5, 5.41) is 5.54. The van der Waals surface area contributed by atoms with Gasteiger partial charge in [-0.1, -0.05) is 0 Å². The van der Waals surface area contributed by atoms with Crippen LogP contribution in [0.15, 0.2) is 47.1 Å². The maximum atomic E-state index is 12.0. The van der Waals surface area contributed by atoms with Crippen LogP contribution in [0.4, 0.5) is 14.5 Å². The third kappa shape index (κ3) is 5.13. The molecule has 0 saturated carbocycles. The molecule has 0 unspecified atom stereocenters. The van der Waals surface area contributed by atoms with E-state index in [9.17, 15) is 13.6 Å². The van der Waals surface area contributed by atoms with Crippen LogP contribution in [-0.2, 0) is 11.3 Å². The summed E-state index contributed by atoms with van der Waals surface area (Å²) in [5.41, 5.74) is 0.629. The van der Waals surface area contributed by atoms with E-state index in [-0.39, 0.29) is 18.2 Å². The summed E-state index contributed by atoms with van der Waals surface area (Å²) in [6.45, 7) is -2.47. The van der Waals surface area contributed by atoms with Crippen LogP contribution in [0.1, 0.15) is 5.76 Å². The van der Waals surface area contributed by atoms with E-state index in [1.165, 1.54) is 18.4 Å². The molecule has 0 saturated heterocycles. The molecule has 7 heteroatoms. The molecule has 0 bridgehead atoms. The van der Waals surface area contributed by atoms with Gasteiger partial charge in [-0.05, 0) is 36.4 Å². The quantitative estimate of drug-likeness (QED) is 0.824. The summed E-state index contributed by atoms with van der Waals surface area (Å²) in [4.78, 5) is 11.6. The molecule has 0 atom stereocenters. The number of anilines is 1. The SMILES string of the molecule is O=C(CNc1ccc(OC(F)F)cc1)NCc1ccco1. The van der Waals surface area contributed by atoms with Crippen LogP contribution in [0.2, 0.25) is 0 Å². The maximum Gasteiger partial charge on any atom is 0.387 e. The minimum absolute atomic E-state index is 0.0652. The largest absolute Gasteiger partial charge is 0.467 e. The first-order valence-electron chi connectivity index (χ1n) is 6.21. The number of carbonyl (C=O) groups excluding carboxylic acids is 1. The summed E-state index contributed by atoms with van der Waals surface area (Å²) >= 11 is 0. The summed E-state index contributed by atoms with van der Waals surface area (Å²) in [6, 6.07) is 9.40. The summed E-state index contributed by atoms with van der Waals surface area (Å²) in [7, 11) is 0. The molecule has 2 N–H and O–H groups in total. The number of furan rings is 1. The zero-order valence-electron chi connectivity index (χ0n) is 11.0. The summed E-state index contributed by atoms with van der Waals surface area (Å²) in [6.07, 6.45) is 1.53. The van der Waals surface area contributed by atoms with E-state index in [1.54, 1.807) is 24.3 Å². The molecule has 5 nitrogen and oxygen atoms in total. The number of alkyl halides is 2. The van der Waals surface area contributed by atoms with E-state index in [0.29, 0.717) is 18.0 Å². The van der Waals surface area contributed by atoms with Gasteiger partial charge in [0.1, 0.15) is 11.5 Å². The first kappa shape index (κ1) is 14.8. The van der Waals surface area contributed by atoms with E-state index < -0.39 is 6.61 Å². The molecule has 112 valence electrons. The molecule has 21 heavy (non-hydrogen) atoms. The van der Waals surface area contributed by atoms with Crippen LogP contribution >= 0.6 is 0 Å². The lowest BCUT2D eigenvalue weighted by Gasteiger charge is -2.08. The van der Waals surface area contributed by atoms with Crippen molar-refractivity contribution < 1.29 is 22.7 Å². The Bertz CT molecular complexity index is 556. The highest BCUT2D eigenvalue weighted by Gasteiger charge is 2.05. The van der Waals surface area contributed by atoms with Crippen LogP contribution in [0.3, 0.4) is 0 Å². The highest BCUT2D eigenvalue weighted by molar-refractivity contribution is 5.80. The molecule has 0 aliphatic carbocycles. The topological polar surface area (TPSA) is 63.5 Å². The highest BCUT2D eigenvalue weighted by Crippen LogP contribution is 2.17. The van der Waals surface area contributed by atoms with Gasteiger partial charge in [-0.2, -0.15) is 8.78 Å². The van der Waals surface area contributed by atoms with E-state index in [2.05, 4.69) is 15.4 Å². The van der Waals surface area contributed by atoms with Gasteiger partial charge < -0.3 is 19.8 Å². The second-order valence-corrected chi connectivity index (χ2v) is 4.11. The van der Waals surface area contributed by atoms with Crippen LogP contribution in [0, 0.1) is 0 Å². The molecule has 1 heterocycles. The van der Waals surface area contributed by atoms with Crippen molar-refractivity contribution in [2.24, 2.45) is 0 Å². The van der Waals surface area contributed by atoms with Gasteiger partial charge in [-0.25, -0.2) is 0 Å². The number of hydrogen-bond donors (Lipinski definition) is 2. The Kier molecular flexibility index (Phi) is 5.14. The van der Waals surface area contributed by atoms with Crippen molar-refractivity contribution in [2.75, 3.05) is 11.9 Å². The Hall–Kier alpha value is -2.57. The zero-order valence-corrected chi connectivity index (χ0v) is 11.0. The third-order valence-electron chi connectivity index (χ3n) is 2.57. The number of benzene rings is 1. The predicted octanol–water partition coefficient (Wildman–Crippen LogP) is 2.61. The minimum atomic E-state index is -2.85. The van der Waals surface area contributed by atoms with Gasteiger partial charge in [0.2, 0.25) is 5.91 Å². The minimum Gasteiger partial charge on any atom is -0.467 e. The van der Waals surface area contributed by atoms with Crippen molar-refractivity contribution in [3.05, 3.63) is 48.4 Å². The zero-order chi connectivity index (χ0) is 15.1. The van der Waals surface area contributed by atoms with Crippen LogP contribution in [-0.4, -0.2) is 19.1 Å². The normalized spacial score (nSPS) is 10.4. The monoisotopic (exact) mass is 296 g/mol. The second-order valence-electron chi connectivity index (χ2n) is 4.11. The first-order chi connectivity index (χ1) is 10.1. The molecular weight excluding hydrogens is 282 g/mol. The van der Waals surface area contributed by atoms with Gasteiger partial charge in [-0.15, -0.1) is 0 Å². The lowest BCUT2D eigenvalue weighted by Crippen LogP contribution is -2.29. The molecule has 0 aliphatic rings. The van der Waals surface area contributed by atoms with Gasteiger partial charge in [0.15, 0.2) is 0 Å². The average molecular weight is 296 g/mol. The highest BCUT2D eigenvalue weighted by atomic mass is 19.3. The van der Waals surface area contributed by atoms with Crippen molar-refractivity contribution in [3.63, 3.8) is 0 Å². The van der Waals surface area contributed by atoms with Gasteiger partial charge >= 0.3 is 6.61 Å². The van der Waals surface area contributed by atoms with Gasteiger partial charge in [-0.3, -0.25) is 4.79 Å². The Morgan fingerprint density at radius 2 is 2.00 bits per heavy atom.